The number of nitrogens with one attached hydrogen (secondary N) is 1. The van der Waals surface area contributed by atoms with Crippen molar-refractivity contribution in [2.24, 2.45) is 7.05 Å². The molecule has 0 aliphatic heterocycles. The van der Waals surface area contributed by atoms with Gasteiger partial charge in [-0.05, 0) is 29.8 Å². The topological polar surface area (TPSA) is 59.8 Å². The fourth-order valence-corrected chi connectivity index (χ4v) is 2.34. The third kappa shape index (κ3) is 3.26. The Labute approximate surface area is 132 Å². The molecule has 1 amide bonds. The molecule has 1 aromatic carbocycles. The number of rotatable bonds is 4. The number of halogens is 1. The van der Waals surface area contributed by atoms with Crippen LogP contribution in [0.25, 0.3) is 0 Å². The Morgan fingerprint density at radius 3 is 2.70 bits per heavy atom. The number of benzene rings is 1. The van der Waals surface area contributed by atoms with E-state index >= 15 is 0 Å². The van der Waals surface area contributed by atoms with Gasteiger partial charge in [0.2, 0.25) is 0 Å². The minimum Gasteiger partial charge on any atom is -0.337 e. The number of aryl methyl sites for hydroxylation is 1. The number of nitrogens with zero attached hydrogens (tertiary/aromatic N) is 3. The van der Waals surface area contributed by atoms with Gasteiger partial charge in [0.1, 0.15) is 23.4 Å². The molecule has 3 aromatic rings. The van der Waals surface area contributed by atoms with E-state index in [4.69, 9.17) is 0 Å². The first-order chi connectivity index (χ1) is 11.1. The molecule has 2 heterocycles. The van der Waals surface area contributed by atoms with E-state index in [0.29, 0.717) is 17.1 Å². The molecule has 1 atom stereocenters. The number of hydrogen-bond acceptors (Lipinski definition) is 3. The Morgan fingerprint density at radius 2 is 2.04 bits per heavy atom. The van der Waals surface area contributed by atoms with Crippen LogP contribution in [0.4, 0.5) is 4.39 Å². The normalized spacial score (nSPS) is 11.9. The molecule has 5 nitrogen and oxygen atoms in total. The molecule has 0 saturated heterocycles. The first kappa shape index (κ1) is 14.9. The lowest BCUT2D eigenvalue weighted by atomic mass is 10.1. The average molecular weight is 310 g/mol. The predicted molar refractivity (Wildman–Crippen MR) is 83.2 cm³/mol. The van der Waals surface area contributed by atoms with E-state index < -0.39 is 6.04 Å². The molecule has 3 rings (SSSR count). The summed E-state index contributed by atoms with van der Waals surface area (Å²) in [6, 6.07) is 10.6. The van der Waals surface area contributed by atoms with Crippen LogP contribution in [0.2, 0.25) is 0 Å². The average Bonchev–Trinajstić information content (AvgIpc) is 2.99. The van der Waals surface area contributed by atoms with Gasteiger partial charge in [0.05, 0.1) is 0 Å². The Hall–Kier alpha value is -3.02. The summed E-state index contributed by atoms with van der Waals surface area (Å²) < 4.78 is 15.4. The van der Waals surface area contributed by atoms with Gasteiger partial charge in [-0.15, -0.1) is 0 Å². The second kappa shape index (κ2) is 6.39. The Bertz CT molecular complexity index is 816. The third-order valence-corrected chi connectivity index (χ3v) is 3.47. The molecule has 0 aliphatic carbocycles. The summed E-state index contributed by atoms with van der Waals surface area (Å²) in [6.07, 6.45) is 4.95. The van der Waals surface area contributed by atoms with E-state index in [2.05, 4.69) is 15.3 Å². The Balaban J connectivity index is 1.96. The van der Waals surface area contributed by atoms with E-state index in [1.165, 1.54) is 12.1 Å². The smallest absolute Gasteiger partial charge is 0.270 e. The molecule has 1 N–H and O–H groups in total. The second-order valence-electron chi connectivity index (χ2n) is 5.07. The number of aromatic nitrogens is 3. The van der Waals surface area contributed by atoms with Crippen LogP contribution in [0.3, 0.4) is 0 Å². The van der Waals surface area contributed by atoms with Gasteiger partial charge >= 0.3 is 0 Å². The quantitative estimate of drug-likeness (QED) is 0.805. The molecule has 0 radical (unpaired) electrons. The van der Waals surface area contributed by atoms with Gasteiger partial charge in [0, 0.05) is 25.6 Å². The van der Waals surface area contributed by atoms with Crippen LogP contribution in [0.5, 0.6) is 0 Å². The van der Waals surface area contributed by atoms with E-state index in [9.17, 15) is 9.18 Å². The summed E-state index contributed by atoms with van der Waals surface area (Å²) in [4.78, 5) is 20.7. The highest BCUT2D eigenvalue weighted by Crippen LogP contribution is 2.21. The van der Waals surface area contributed by atoms with Crippen molar-refractivity contribution in [1.82, 2.24) is 19.9 Å². The lowest BCUT2D eigenvalue weighted by Gasteiger charge is -2.19. The number of hydrogen-bond donors (Lipinski definition) is 1. The van der Waals surface area contributed by atoms with Crippen LogP contribution >= 0.6 is 0 Å². The standard InChI is InChI=1S/C17H15FN4O/c1-22-10-9-20-16(22)15(12-5-4-6-13(18)11-12)21-17(23)14-7-2-3-8-19-14/h2-11,15H,1H3,(H,21,23)/t15-/m1/s1. The van der Waals surface area contributed by atoms with Crippen molar-refractivity contribution in [3.8, 4) is 0 Å². The molecule has 0 spiro atoms. The maximum atomic E-state index is 13.6. The highest BCUT2D eigenvalue weighted by Gasteiger charge is 2.22. The van der Waals surface area contributed by atoms with Crippen molar-refractivity contribution < 1.29 is 9.18 Å². The van der Waals surface area contributed by atoms with Crippen molar-refractivity contribution >= 4 is 5.91 Å². The Morgan fingerprint density at radius 1 is 1.17 bits per heavy atom. The summed E-state index contributed by atoms with van der Waals surface area (Å²) in [7, 11) is 1.82. The van der Waals surface area contributed by atoms with Crippen LogP contribution in [0.1, 0.15) is 27.9 Å². The van der Waals surface area contributed by atoms with Gasteiger partial charge in [-0.25, -0.2) is 9.37 Å². The van der Waals surface area contributed by atoms with E-state index in [1.807, 2.05) is 7.05 Å². The van der Waals surface area contributed by atoms with Crippen LogP contribution in [0, 0.1) is 5.82 Å². The first-order valence-corrected chi connectivity index (χ1v) is 7.10. The van der Waals surface area contributed by atoms with Crippen LogP contribution < -0.4 is 5.32 Å². The molecule has 0 bridgehead atoms. The SMILES string of the molecule is Cn1ccnc1[C@H](NC(=O)c1ccccn1)c1cccc(F)c1. The zero-order valence-electron chi connectivity index (χ0n) is 12.5. The van der Waals surface area contributed by atoms with Gasteiger partial charge in [0.25, 0.3) is 5.91 Å². The fraction of sp³-hybridized carbons (Fsp3) is 0.118. The van der Waals surface area contributed by atoms with Gasteiger partial charge in [-0.1, -0.05) is 18.2 Å². The van der Waals surface area contributed by atoms with Crippen molar-refractivity contribution in [2.45, 2.75) is 6.04 Å². The number of carbonyl (C=O) groups is 1. The summed E-state index contributed by atoms with van der Waals surface area (Å²) in [5, 5.41) is 2.87. The Kier molecular flexibility index (Phi) is 4.14. The molecule has 0 saturated carbocycles. The van der Waals surface area contributed by atoms with Crippen LogP contribution in [-0.4, -0.2) is 20.4 Å². The van der Waals surface area contributed by atoms with Crippen molar-refractivity contribution in [3.63, 3.8) is 0 Å². The van der Waals surface area contributed by atoms with Crippen LogP contribution in [0.15, 0.2) is 61.1 Å². The molecule has 2 aromatic heterocycles. The monoisotopic (exact) mass is 310 g/mol. The highest BCUT2D eigenvalue weighted by molar-refractivity contribution is 5.92. The molecular formula is C17H15FN4O. The van der Waals surface area contributed by atoms with Gasteiger partial charge < -0.3 is 9.88 Å². The van der Waals surface area contributed by atoms with Crippen molar-refractivity contribution in [3.05, 3.63) is 84.0 Å². The summed E-state index contributed by atoms with van der Waals surface area (Å²) >= 11 is 0. The van der Waals surface area contributed by atoms with E-state index in [-0.39, 0.29) is 11.7 Å². The summed E-state index contributed by atoms with van der Waals surface area (Å²) in [6.45, 7) is 0. The maximum Gasteiger partial charge on any atom is 0.270 e. The molecular weight excluding hydrogens is 295 g/mol. The number of pyridine rings is 1. The largest absolute Gasteiger partial charge is 0.337 e. The zero-order chi connectivity index (χ0) is 16.2. The van der Waals surface area contributed by atoms with Crippen molar-refractivity contribution in [2.75, 3.05) is 0 Å². The zero-order valence-corrected chi connectivity index (χ0v) is 12.5. The minimum absolute atomic E-state index is 0.295. The first-order valence-electron chi connectivity index (χ1n) is 7.10. The lowest BCUT2D eigenvalue weighted by Crippen LogP contribution is -2.31. The molecule has 6 heteroatoms. The molecule has 0 aliphatic rings. The lowest BCUT2D eigenvalue weighted by molar-refractivity contribution is 0.0936. The number of imidazole rings is 1. The third-order valence-electron chi connectivity index (χ3n) is 3.47. The highest BCUT2D eigenvalue weighted by atomic mass is 19.1. The second-order valence-corrected chi connectivity index (χ2v) is 5.07. The predicted octanol–water partition coefficient (Wildman–Crippen LogP) is 2.47. The number of carbonyl (C=O) groups excluding carboxylic acids is 1. The molecule has 23 heavy (non-hydrogen) atoms. The van der Waals surface area contributed by atoms with E-state index in [1.54, 1.807) is 53.5 Å². The summed E-state index contributed by atoms with van der Waals surface area (Å²) in [5.41, 5.74) is 0.909. The molecule has 0 fully saturated rings. The number of amides is 1. The minimum atomic E-state index is -0.569. The van der Waals surface area contributed by atoms with Gasteiger partial charge in [-0.2, -0.15) is 0 Å². The van der Waals surface area contributed by atoms with Crippen LogP contribution in [-0.2, 0) is 7.05 Å². The van der Waals surface area contributed by atoms with E-state index in [0.717, 1.165) is 0 Å². The molecule has 116 valence electrons. The van der Waals surface area contributed by atoms with Gasteiger partial charge in [-0.3, -0.25) is 9.78 Å². The fourth-order valence-electron chi connectivity index (χ4n) is 2.34. The summed E-state index contributed by atoms with van der Waals surface area (Å²) in [5.74, 6) is -0.100. The maximum absolute atomic E-state index is 13.6. The van der Waals surface area contributed by atoms with Crippen molar-refractivity contribution in [1.29, 1.82) is 0 Å². The molecule has 0 unspecified atom stereocenters. The van der Waals surface area contributed by atoms with Gasteiger partial charge in [0.15, 0.2) is 0 Å².